The van der Waals surface area contributed by atoms with Crippen molar-refractivity contribution in [3.8, 4) is 0 Å². The van der Waals surface area contributed by atoms with E-state index in [0.29, 0.717) is 0 Å². The van der Waals surface area contributed by atoms with Crippen molar-refractivity contribution in [3.63, 3.8) is 0 Å². The zero-order valence-electron chi connectivity index (χ0n) is 9.37. The van der Waals surface area contributed by atoms with E-state index in [1.54, 1.807) is 0 Å². The zero-order valence-corrected chi connectivity index (χ0v) is 9.37. The van der Waals surface area contributed by atoms with Crippen molar-refractivity contribution in [2.45, 2.75) is 39.7 Å². The van der Waals surface area contributed by atoms with Crippen LogP contribution in [0.25, 0.3) is 0 Å². The second-order valence-electron chi connectivity index (χ2n) is 3.87. The molecular weight excluding hydrogens is 172 g/mol. The fraction of sp³-hybridized carbons (Fsp3) is 0.667. The smallest absolute Gasteiger partial charge is 0.0250 e. The van der Waals surface area contributed by atoms with Crippen LogP contribution in [0.4, 0.5) is 0 Å². The Morgan fingerprint density at radius 2 is 2.07 bits per heavy atom. The van der Waals surface area contributed by atoms with Crippen molar-refractivity contribution in [2.24, 2.45) is 11.7 Å². The van der Waals surface area contributed by atoms with Gasteiger partial charge in [-0.15, -0.1) is 0 Å². The van der Waals surface area contributed by atoms with Gasteiger partial charge in [0, 0.05) is 18.4 Å². The highest BCUT2D eigenvalue weighted by atomic mass is 15.0. The molecule has 80 valence electrons. The van der Waals surface area contributed by atoms with E-state index < -0.39 is 0 Å². The Morgan fingerprint density at radius 1 is 1.36 bits per heavy atom. The standard InChI is InChI=1S/C12H22N2/c1-3-11(4-2)10-14-9-5-6-12(14)7-8-13/h5-6,9,11H,3-4,7-8,10,13H2,1-2H3. The van der Waals surface area contributed by atoms with Gasteiger partial charge >= 0.3 is 0 Å². The summed E-state index contributed by atoms with van der Waals surface area (Å²) in [4.78, 5) is 0. The van der Waals surface area contributed by atoms with Gasteiger partial charge in [-0.1, -0.05) is 26.7 Å². The van der Waals surface area contributed by atoms with E-state index in [0.717, 1.165) is 25.4 Å². The van der Waals surface area contributed by atoms with Crippen LogP contribution in [0.5, 0.6) is 0 Å². The first-order valence-corrected chi connectivity index (χ1v) is 5.65. The molecule has 2 N–H and O–H groups in total. The van der Waals surface area contributed by atoms with Crippen molar-refractivity contribution in [2.75, 3.05) is 6.54 Å². The van der Waals surface area contributed by atoms with Gasteiger partial charge in [-0.3, -0.25) is 0 Å². The van der Waals surface area contributed by atoms with Gasteiger partial charge in [-0.05, 0) is 31.0 Å². The molecule has 1 heterocycles. The monoisotopic (exact) mass is 194 g/mol. The van der Waals surface area contributed by atoms with Crippen molar-refractivity contribution in [3.05, 3.63) is 24.0 Å². The highest BCUT2D eigenvalue weighted by molar-refractivity contribution is 5.07. The molecule has 0 aliphatic carbocycles. The van der Waals surface area contributed by atoms with Crippen LogP contribution in [-0.4, -0.2) is 11.1 Å². The van der Waals surface area contributed by atoms with Gasteiger partial charge in [-0.25, -0.2) is 0 Å². The summed E-state index contributed by atoms with van der Waals surface area (Å²) in [5.74, 6) is 0.805. The Labute approximate surface area is 87.1 Å². The molecule has 0 bridgehead atoms. The Kier molecular flexibility index (Phi) is 4.74. The summed E-state index contributed by atoms with van der Waals surface area (Å²) in [7, 11) is 0. The summed E-state index contributed by atoms with van der Waals surface area (Å²) in [5, 5.41) is 0. The lowest BCUT2D eigenvalue weighted by Crippen LogP contribution is -2.13. The number of nitrogens with zero attached hydrogens (tertiary/aromatic N) is 1. The SMILES string of the molecule is CCC(CC)Cn1cccc1CCN. The number of aromatic nitrogens is 1. The average molecular weight is 194 g/mol. The third-order valence-corrected chi connectivity index (χ3v) is 2.93. The average Bonchev–Trinajstić information content (AvgIpc) is 2.62. The molecular formula is C12H22N2. The lowest BCUT2D eigenvalue weighted by atomic mass is 10.0. The molecule has 0 saturated carbocycles. The predicted octanol–water partition coefficient (Wildman–Crippen LogP) is 2.43. The Bertz CT molecular complexity index is 249. The van der Waals surface area contributed by atoms with Gasteiger partial charge in [-0.2, -0.15) is 0 Å². The van der Waals surface area contributed by atoms with Gasteiger partial charge in [0.15, 0.2) is 0 Å². The Morgan fingerprint density at radius 3 is 2.64 bits per heavy atom. The van der Waals surface area contributed by atoms with Crippen molar-refractivity contribution < 1.29 is 0 Å². The zero-order chi connectivity index (χ0) is 10.4. The van der Waals surface area contributed by atoms with E-state index >= 15 is 0 Å². The summed E-state index contributed by atoms with van der Waals surface area (Å²) < 4.78 is 2.35. The molecule has 1 aromatic rings. The summed E-state index contributed by atoms with van der Waals surface area (Å²) in [6.07, 6.45) is 5.68. The van der Waals surface area contributed by atoms with Crippen LogP contribution >= 0.6 is 0 Å². The molecule has 0 saturated heterocycles. The van der Waals surface area contributed by atoms with E-state index in [-0.39, 0.29) is 0 Å². The third-order valence-electron chi connectivity index (χ3n) is 2.93. The lowest BCUT2D eigenvalue weighted by molar-refractivity contribution is 0.413. The minimum Gasteiger partial charge on any atom is -0.351 e. The first-order valence-electron chi connectivity index (χ1n) is 5.65. The molecule has 0 fully saturated rings. The fourth-order valence-corrected chi connectivity index (χ4v) is 1.83. The molecule has 1 rings (SSSR count). The second-order valence-corrected chi connectivity index (χ2v) is 3.87. The number of hydrogen-bond donors (Lipinski definition) is 1. The highest BCUT2D eigenvalue weighted by Gasteiger charge is 2.06. The molecule has 0 aliphatic rings. The molecule has 14 heavy (non-hydrogen) atoms. The normalized spacial score (nSPS) is 11.1. The molecule has 1 aromatic heterocycles. The Hall–Kier alpha value is -0.760. The third kappa shape index (κ3) is 2.88. The number of hydrogen-bond acceptors (Lipinski definition) is 1. The van der Waals surface area contributed by atoms with Gasteiger partial charge in [0.1, 0.15) is 0 Å². The van der Waals surface area contributed by atoms with Crippen molar-refractivity contribution >= 4 is 0 Å². The van der Waals surface area contributed by atoms with Gasteiger partial charge in [0.25, 0.3) is 0 Å². The molecule has 0 atom stereocenters. The van der Waals surface area contributed by atoms with Crippen LogP contribution in [-0.2, 0) is 13.0 Å². The van der Waals surface area contributed by atoms with Crippen LogP contribution in [0.15, 0.2) is 18.3 Å². The van der Waals surface area contributed by atoms with E-state index in [2.05, 4.69) is 36.7 Å². The molecule has 2 nitrogen and oxygen atoms in total. The number of rotatable bonds is 6. The van der Waals surface area contributed by atoms with E-state index in [1.807, 2.05) is 0 Å². The molecule has 0 aliphatic heterocycles. The largest absolute Gasteiger partial charge is 0.351 e. The molecule has 0 unspecified atom stereocenters. The van der Waals surface area contributed by atoms with Gasteiger partial charge < -0.3 is 10.3 Å². The van der Waals surface area contributed by atoms with Gasteiger partial charge in [0.05, 0.1) is 0 Å². The molecule has 0 spiro atoms. The van der Waals surface area contributed by atoms with Crippen LogP contribution in [0.1, 0.15) is 32.4 Å². The summed E-state index contributed by atoms with van der Waals surface area (Å²) >= 11 is 0. The van der Waals surface area contributed by atoms with Crippen molar-refractivity contribution in [1.29, 1.82) is 0 Å². The van der Waals surface area contributed by atoms with E-state index in [4.69, 9.17) is 5.73 Å². The first-order chi connectivity index (χ1) is 6.81. The second kappa shape index (κ2) is 5.86. The molecule has 2 heteroatoms. The van der Waals surface area contributed by atoms with Crippen LogP contribution < -0.4 is 5.73 Å². The summed E-state index contributed by atoms with van der Waals surface area (Å²) in [5.41, 5.74) is 6.95. The highest BCUT2D eigenvalue weighted by Crippen LogP contribution is 2.13. The maximum Gasteiger partial charge on any atom is 0.0250 e. The topological polar surface area (TPSA) is 30.9 Å². The van der Waals surface area contributed by atoms with E-state index in [1.165, 1.54) is 18.5 Å². The molecule has 0 aromatic carbocycles. The van der Waals surface area contributed by atoms with E-state index in [9.17, 15) is 0 Å². The minimum atomic E-state index is 0.743. The lowest BCUT2D eigenvalue weighted by Gasteiger charge is -2.15. The first kappa shape index (κ1) is 11.3. The van der Waals surface area contributed by atoms with Crippen molar-refractivity contribution in [1.82, 2.24) is 4.57 Å². The van der Waals surface area contributed by atoms with Crippen LogP contribution in [0, 0.1) is 5.92 Å². The van der Waals surface area contributed by atoms with Gasteiger partial charge in [0.2, 0.25) is 0 Å². The minimum absolute atomic E-state index is 0.743. The van der Waals surface area contributed by atoms with Crippen LogP contribution in [0.2, 0.25) is 0 Å². The molecule has 0 amide bonds. The quantitative estimate of drug-likeness (QED) is 0.741. The fourth-order valence-electron chi connectivity index (χ4n) is 1.83. The summed E-state index contributed by atoms with van der Waals surface area (Å²) in [6.45, 7) is 6.42. The molecule has 0 radical (unpaired) electrons. The van der Waals surface area contributed by atoms with Crippen LogP contribution in [0.3, 0.4) is 0 Å². The Balaban J connectivity index is 2.60. The number of nitrogens with two attached hydrogens (primary N) is 1. The summed E-state index contributed by atoms with van der Waals surface area (Å²) in [6, 6.07) is 4.29. The predicted molar refractivity (Wildman–Crippen MR) is 61.3 cm³/mol. The maximum atomic E-state index is 5.57. The maximum absolute atomic E-state index is 5.57.